The van der Waals surface area contributed by atoms with Gasteiger partial charge in [-0.1, -0.05) is 12.1 Å². The minimum atomic E-state index is -0.621. The number of aliphatic hydroxyl groups is 1. The summed E-state index contributed by atoms with van der Waals surface area (Å²) in [7, 11) is 1.99. The Morgan fingerprint density at radius 3 is 2.68 bits per heavy atom. The molecule has 1 rings (SSSR count). The van der Waals surface area contributed by atoms with Gasteiger partial charge < -0.3 is 14.7 Å². The Morgan fingerprint density at radius 2 is 2.05 bits per heavy atom. The zero-order valence-corrected chi connectivity index (χ0v) is 12.0. The number of ether oxygens (including phenoxy) is 1. The lowest BCUT2D eigenvalue weighted by Crippen LogP contribution is -2.26. The van der Waals surface area contributed by atoms with Crippen LogP contribution in [0.2, 0.25) is 0 Å². The van der Waals surface area contributed by atoms with Crippen LogP contribution in [-0.2, 0) is 4.74 Å². The third-order valence-corrected chi connectivity index (χ3v) is 2.94. The maximum Gasteiger partial charge on any atom is 0.123 e. The SMILES string of the molecule is CC(C)OCCN(C)CCC(O)c1cccc(F)c1. The smallest absolute Gasteiger partial charge is 0.123 e. The van der Waals surface area contributed by atoms with Crippen molar-refractivity contribution >= 4 is 0 Å². The third-order valence-electron chi connectivity index (χ3n) is 2.94. The monoisotopic (exact) mass is 269 g/mol. The van der Waals surface area contributed by atoms with Gasteiger partial charge in [0.2, 0.25) is 0 Å². The Kier molecular flexibility index (Phi) is 6.99. The number of halogens is 1. The van der Waals surface area contributed by atoms with E-state index in [-0.39, 0.29) is 11.9 Å². The first kappa shape index (κ1) is 16.1. The van der Waals surface area contributed by atoms with Gasteiger partial charge in [-0.2, -0.15) is 0 Å². The molecular formula is C15H24FNO2. The Morgan fingerprint density at radius 1 is 1.32 bits per heavy atom. The molecule has 0 heterocycles. The van der Waals surface area contributed by atoms with E-state index in [1.54, 1.807) is 12.1 Å². The largest absolute Gasteiger partial charge is 0.388 e. The number of rotatable bonds is 8. The highest BCUT2D eigenvalue weighted by Crippen LogP contribution is 2.17. The van der Waals surface area contributed by atoms with Gasteiger partial charge >= 0.3 is 0 Å². The van der Waals surface area contributed by atoms with E-state index in [1.165, 1.54) is 12.1 Å². The molecule has 0 fully saturated rings. The van der Waals surface area contributed by atoms with Crippen molar-refractivity contribution < 1.29 is 14.2 Å². The molecule has 1 unspecified atom stereocenters. The van der Waals surface area contributed by atoms with E-state index in [0.717, 1.165) is 13.1 Å². The number of aliphatic hydroxyl groups excluding tert-OH is 1. The molecule has 0 aromatic heterocycles. The molecule has 0 spiro atoms. The van der Waals surface area contributed by atoms with Crippen molar-refractivity contribution in [1.82, 2.24) is 4.90 Å². The fraction of sp³-hybridized carbons (Fsp3) is 0.600. The van der Waals surface area contributed by atoms with Gasteiger partial charge in [0.05, 0.1) is 18.8 Å². The summed E-state index contributed by atoms with van der Waals surface area (Å²) in [5.74, 6) is -0.310. The highest BCUT2D eigenvalue weighted by atomic mass is 19.1. The van der Waals surface area contributed by atoms with Crippen molar-refractivity contribution in [3.05, 3.63) is 35.6 Å². The van der Waals surface area contributed by atoms with Gasteiger partial charge in [-0.15, -0.1) is 0 Å². The Bertz CT molecular complexity index is 371. The second-order valence-electron chi connectivity index (χ2n) is 5.08. The van der Waals surface area contributed by atoms with E-state index in [1.807, 2.05) is 20.9 Å². The molecule has 0 bridgehead atoms. The van der Waals surface area contributed by atoms with Crippen LogP contribution in [0.25, 0.3) is 0 Å². The van der Waals surface area contributed by atoms with Gasteiger partial charge in [-0.05, 0) is 45.0 Å². The maximum absolute atomic E-state index is 13.0. The van der Waals surface area contributed by atoms with Crippen LogP contribution in [-0.4, -0.2) is 42.9 Å². The lowest BCUT2D eigenvalue weighted by molar-refractivity contribution is 0.0601. The van der Waals surface area contributed by atoms with Crippen molar-refractivity contribution in [2.75, 3.05) is 26.7 Å². The fourth-order valence-corrected chi connectivity index (χ4v) is 1.78. The van der Waals surface area contributed by atoms with Gasteiger partial charge in [0.25, 0.3) is 0 Å². The molecule has 0 aliphatic carbocycles. The van der Waals surface area contributed by atoms with Crippen molar-refractivity contribution in [3.8, 4) is 0 Å². The van der Waals surface area contributed by atoms with Crippen molar-refractivity contribution in [3.63, 3.8) is 0 Å². The molecule has 1 atom stereocenters. The summed E-state index contributed by atoms with van der Waals surface area (Å²) in [6, 6.07) is 6.13. The normalized spacial score (nSPS) is 13.2. The van der Waals surface area contributed by atoms with E-state index >= 15 is 0 Å². The van der Waals surface area contributed by atoms with Crippen LogP contribution in [0.5, 0.6) is 0 Å². The first-order chi connectivity index (χ1) is 8.99. The van der Waals surface area contributed by atoms with Gasteiger partial charge in [-0.25, -0.2) is 4.39 Å². The molecular weight excluding hydrogens is 245 g/mol. The molecule has 1 aromatic carbocycles. The maximum atomic E-state index is 13.0. The molecule has 0 amide bonds. The fourth-order valence-electron chi connectivity index (χ4n) is 1.78. The predicted octanol–water partition coefficient (Wildman–Crippen LogP) is 2.61. The quantitative estimate of drug-likeness (QED) is 0.787. The van der Waals surface area contributed by atoms with Crippen LogP contribution >= 0.6 is 0 Å². The van der Waals surface area contributed by atoms with Crippen molar-refractivity contribution in [1.29, 1.82) is 0 Å². The highest BCUT2D eigenvalue weighted by Gasteiger charge is 2.09. The van der Waals surface area contributed by atoms with Crippen LogP contribution in [0.3, 0.4) is 0 Å². The van der Waals surface area contributed by atoms with Crippen LogP contribution in [0.15, 0.2) is 24.3 Å². The van der Waals surface area contributed by atoms with E-state index in [9.17, 15) is 9.50 Å². The number of hydrogen-bond donors (Lipinski definition) is 1. The van der Waals surface area contributed by atoms with E-state index < -0.39 is 6.10 Å². The predicted molar refractivity (Wildman–Crippen MR) is 74.6 cm³/mol. The zero-order valence-electron chi connectivity index (χ0n) is 12.0. The van der Waals surface area contributed by atoms with Gasteiger partial charge in [0.15, 0.2) is 0 Å². The van der Waals surface area contributed by atoms with Gasteiger partial charge in [-0.3, -0.25) is 0 Å². The van der Waals surface area contributed by atoms with Crippen LogP contribution in [0.1, 0.15) is 31.9 Å². The van der Waals surface area contributed by atoms with Gasteiger partial charge in [0, 0.05) is 13.1 Å². The highest BCUT2D eigenvalue weighted by molar-refractivity contribution is 5.18. The summed E-state index contributed by atoms with van der Waals surface area (Å²) in [6.45, 7) is 6.28. The molecule has 108 valence electrons. The molecule has 1 N–H and O–H groups in total. The molecule has 4 heteroatoms. The number of benzene rings is 1. The molecule has 0 saturated carbocycles. The number of hydrogen-bond acceptors (Lipinski definition) is 3. The van der Waals surface area contributed by atoms with Crippen LogP contribution in [0, 0.1) is 5.82 Å². The molecule has 19 heavy (non-hydrogen) atoms. The van der Waals surface area contributed by atoms with Gasteiger partial charge in [0.1, 0.15) is 5.82 Å². The Hall–Kier alpha value is -0.970. The number of nitrogens with zero attached hydrogens (tertiary/aromatic N) is 1. The summed E-state index contributed by atoms with van der Waals surface area (Å²) in [5.41, 5.74) is 0.631. The summed E-state index contributed by atoms with van der Waals surface area (Å²) >= 11 is 0. The van der Waals surface area contributed by atoms with Crippen LogP contribution < -0.4 is 0 Å². The third kappa shape index (κ3) is 6.66. The Labute approximate surface area is 115 Å². The Balaban J connectivity index is 2.27. The average molecular weight is 269 g/mol. The molecule has 0 aliphatic rings. The van der Waals surface area contributed by atoms with Crippen LogP contribution in [0.4, 0.5) is 4.39 Å². The van der Waals surface area contributed by atoms with E-state index in [0.29, 0.717) is 18.6 Å². The number of likely N-dealkylation sites (N-methyl/N-ethyl adjacent to an activating group) is 1. The lowest BCUT2D eigenvalue weighted by Gasteiger charge is -2.19. The molecule has 0 aliphatic heterocycles. The standard InChI is InChI=1S/C15H24FNO2/c1-12(2)19-10-9-17(3)8-7-15(18)13-5-4-6-14(16)11-13/h4-6,11-12,15,18H,7-10H2,1-3H3. The summed E-state index contributed by atoms with van der Waals surface area (Å²) < 4.78 is 18.5. The summed E-state index contributed by atoms with van der Waals surface area (Å²) in [5, 5.41) is 9.98. The lowest BCUT2D eigenvalue weighted by atomic mass is 10.1. The first-order valence-electron chi connectivity index (χ1n) is 6.72. The van der Waals surface area contributed by atoms with E-state index in [2.05, 4.69) is 4.90 Å². The molecule has 0 radical (unpaired) electrons. The summed E-state index contributed by atoms with van der Waals surface area (Å²) in [6.07, 6.45) is 0.206. The van der Waals surface area contributed by atoms with E-state index in [4.69, 9.17) is 4.74 Å². The second-order valence-corrected chi connectivity index (χ2v) is 5.08. The topological polar surface area (TPSA) is 32.7 Å². The molecule has 0 saturated heterocycles. The zero-order chi connectivity index (χ0) is 14.3. The summed E-state index contributed by atoms with van der Waals surface area (Å²) in [4.78, 5) is 2.10. The average Bonchev–Trinajstić information content (AvgIpc) is 2.35. The molecule has 1 aromatic rings. The van der Waals surface area contributed by atoms with Crippen molar-refractivity contribution in [2.45, 2.75) is 32.5 Å². The van der Waals surface area contributed by atoms with Crippen molar-refractivity contribution in [2.24, 2.45) is 0 Å². The minimum absolute atomic E-state index is 0.242. The molecule has 3 nitrogen and oxygen atoms in total. The minimum Gasteiger partial charge on any atom is -0.388 e. The second kappa shape index (κ2) is 8.25. The first-order valence-corrected chi connectivity index (χ1v) is 6.72.